The first-order valence-electron chi connectivity index (χ1n) is 4.75. The van der Waals surface area contributed by atoms with Crippen LogP contribution in [0.2, 0.25) is 0 Å². The Morgan fingerprint density at radius 1 is 1.18 bits per heavy atom. The number of rotatable bonds is 3. The molecule has 1 aliphatic carbocycles. The van der Waals surface area contributed by atoms with Crippen molar-refractivity contribution in [3.63, 3.8) is 0 Å². The van der Waals surface area contributed by atoms with Crippen molar-refractivity contribution in [3.8, 4) is 0 Å². The molecule has 64 valence electrons. The molecule has 0 aromatic carbocycles. The minimum atomic E-state index is 0.810. The van der Waals surface area contributed by atoms with Gasteiger partial charge in [0.15, 0.2) is 0 Å². The molecular formula is C11H20. The molecule has 0 aliphatic heterocycles. The van der Waals surface area contributed by atoms with Gasteiger partial charge in [0.1, 0.15) is 0 Å². The molecule has 3 unspecified atom stereocenters. The molecule has 0 radical (unpaired) electrons. The lowest BCUT2D eigenvalue weighted by Crippen LogP contribution is -2.13. The monoisotopic (exact) mass is 152 g/mol. The summed E-state index contributed by atoms with van der Waals surface area (Å²) < 4.78 is 0. The van der Waals surface area contributed by atoms with Crippen LogP contribution >= 0.6 is 0 Å². The molecule has 0 fully saturated rings. The molecule has 0 saturated heterocycles. The van der Waals surface area contributed by atoms with Crippen molar-refractivity contribution in [1.29, 1.82) is 0 Å². The topological polar surface area (TPSA) is 0 Å². The van der Waals surface area contributed by atoms with Gasteiger partial charge >= 0.3 is 0 Å². The largest absolute Gasteiger partial charge is 0.0775 e. The van der Waals surface area contributed by atoms with Gasteiger partial charge in [-0.2, -0.15) is 0 Å². The summed E-state index contributed by atoms with van der Waals surface area (Å²) >= 11 is 0. The predicted molar refractivity (Wildman–Crippen MR) is 50.4 cm³/mol. The Morgan fingerprint density at radius 2 is 1.64 bits per heavy atom. The Hall–Kier alpha value is -0.260. The molecule has 0 bridgehead atoms. The van der Waals surface area contributed by atoms with Crippen LogP contribution in [0.15, 0.2) is 11.6 Å². The van der Waals surface area contributed by atoms with Crippen LogP contribution in [-0.2, 0) is 0 Å². The predicted octanol–water partition coefficient (Wildman–Crippen LogP) is 3.49. The summed E-state index contributed by atoms with van der Waals surface area (Å²) in [5, 5.41) is 0. The van der Waals surface area contributed by atoms with E-state index in [1.165, 1.54) is 0 Å². The van der Waals surface area contributed by atoms with Gasteiger partial charge in [0, 0.05) is 0 Å². The molecule has 1 rings (SSSR count). The van der Waals surface area contributed by atoms with Gasteiger partial charge in [0.2, 0.25) is 0 Å². The molecule has 0 heterocycles. The second-order valence-electron chi connectivity index (χ2n) is 4.35. The van der Waals surface area contributed by atoms with E-state index in [2.05, 4.69) is 40.7 Å². The summed E-state index contributed by atoms with van der Waals surface area (Å²) in [6.07, 6.45) is 2.39. The van der Waals surface area contributed by atoms with Crippen LogP contribution in [0.3, 0.4) is 0 Å². The highest BCUT2D eigenvalue weighted by atomic mass is 14.3. The highest BCUT2D eigenvalue weighted by molar-refractivity contribution is 5.30. The lowest BCUT2D eigenvalue weighted by molar-refractivity contribution is 0.331. The summed E-state index contributed by atoms with van der Waals surface area (Å²) in [5.41, 5.74) is 1.69. The van der Waals surface area contributed by atoms with Gasteiger partial charge in [-0.05, 0) is 23.7 Å². The zero-order valence-electron chi connectivity index (χ0n) is 8.39. The van der Waals surface area contributed by atoms with Gasteiger partial charge in [0.05, 0.1) is 0 Å². The quantitative estimate of drug-likeness (QED) is 0.543. The van der Waals surface area contributed by atoms with Gasteiger partial charge in [-0.3, -0.25) is 0 Å². The van der Waals surface area contributed by atoms with Crippen LogP contribution in [0.5, 0.6) is 0 Å². The molecule has 0 aromatic rings. The van der Waals surface area contributed by atoms with E-state index in [-0.39, 0.29) is 0 Å². The Bertz CT molecular complexity index is 165. The van der Waals surface area contributed by atoms with E-state index in [1.54, 1.807) is 5.57 Å². The third kappa shape index (κ3) is 1.85. The van der Waals surface area contributed by atoms with Gasteiger partial charge in [-0.15, -0.1) is 0 Å². The summed E-state index contributed by atoms with van der Waals surface area (Å²) in [5.74, 6) is 3.28. The Balaban J connectivity index is 2.41. The van der Waals surface area contributed by atoms with Crippen molar-refractivity contribution in [1.82, 2.24) is 0 Å². The van der Waals surface area contributed by atoms with Gasteiger partial charge in [-0.25, -0.2) is 0 Å². The Kier molecular flexibility index (Phi) is 2.41. The fourth-order valence-corrected chi connectivity index (χ4v) is 1.69. The number of hydrogen-bond donors (Lipinski definition) is 0. The first-order chi connectivity index (χ1) is 5.04. The zero-order valence-corrected chi connectivity index (χ0v) is 8.39. The van der Waals surface area contributed by atoms with Crippen LogP contribution in [-0.4, -0.2) is 0 Å². The molecule has 0 spiro atoms. The van der Waals surface area contributed by atoms with Gasteiger partial charge in [-0.1, -0.05) is 46.3 Å². The molecule has 0 amide bonds. The van der Waals surface area contributed by atoms with Crippen molar-refractivity contribution >= 4 is 0 Å². The van der Waals surface area contributed by atoms with Crippen molar-refractivity contribution in [2.24, 2.45) is 23.7 Å². The molecule has 0 N–H and O–H groups in total. The highest BCUT2D eigenvalue weighted by Crippen LogP contribution is 2.40. The van der Waals surface area contributed by atoms with E-state index in [9.17, 15) is 0 Å². The average molecular weight is 152 g/mol. The third-order valence-corrected chi connectivity index (χ3v) is 3.23. The first-order valence-corrected chi connectivity index (χ1v) is 4.75. The molecule has 0 aromatic heterocycles. The normalized spacial score (nSPS) is 28.2. The number of allylic oxidation sites excluding steroid dienone is 2. The molecule has 0 heteroatoms. The Morgan fingerprint density at radius 3 is 1.91 bits per heavy atom. The van der Waals surface area contributed by atoms with Crippen LogP contribution in [0.1, 0.15) is 34.6 Å². The van der Waals surface area contributed by atoms with E-state index in [1.807, 2.05) is 0 Å². The van der Waals surface area contributed by atoms with Gasteiger partial charge < -0.3 is 0 Å². The molecule has 0 nitrogen and oxygen atoms in total. The van der Waals surface area contributed by atoms with E-state index < -0.39 is 0 Å². The van der Waals surface area contributed by atoms with Crippen LogP contribution < -0.4 is 0 Å². The van der Waals surface area contributed by atoms with E-state index in [0.717, 1.165) is 23.7 Å². The molecule has 11 heavy (non-hydrogen) atoms. The number of hydrogen-bond acceptors (Lipinski definition) is 0. The van der Waals surface area contributed by atoms with E-state index >= 15 is 0 Å². The van der Waals surface area contributed by atoms with E-state index in [4.69, 9.17) is 0 Å². The zero-order chi connectivity index (χ0) is 8.59. The third-order valence-electron chi connectivity index (χ3n) is 3.23. The standard InChI is InChI=1S/C11H20/c1-7(2)9(4)10(5)11-6-8(11)3/h6-10H,1-5H3. The highest BCUT2D eigenvalue weighted by Gasteiger charge is 2.29. The lowest BCUT2D eigenvalue weighted by Gasteiger charge is -2.22. The summed E-state index contributed by atoms with van der Waals surface area (Å²) in [6.45, 7) is 11.6. The molecule has 3 atom stereocenters. The van der Waals surface area contributed by atoms with Crippen molar-refractivity contribution in [2.75, 3.05) is 0 Å². The molecular weight excluding hydrogens is 132 g/mol. The summed E-state index contributed by atoms with van der Waals surface area (Å²) in [4.78, 5) is 0. The second-order valence-corrected chi connectivity index (χ2v) is 4.35. The minimum Gasteiger partial charge on any atom is -0.0775 e. The molecule has 1 aliphatic rings. The maximum Gasteiger partial charge on any atom is -0.00457 e. The van der Waals surface area contributed by atoms with Crippen molar-refractivity contribution in [2.45, 2.75) is 34.6 Å². The summed E-state index contributed by atoms with van der Waals surface area (Å²) in [7, 11) is 0. The van der Waals surface area contributed by atoms with Crippen LogP contribution in [0.4, 0.5) is 0 Å². The van der Waals surface area contributed by atoms with E-state index in [0.29, 0.717) is 0 Å². The van der Waals surface area contributed by atoms with Gasteiger partial charge in [0.25, 0.3) is 0 Å². The fraction of sp³-hybridized carbons (Fsp3) is 0.818. The van der Waals surface area contributed by atoms with Crippen molar-refractivity contribution < 1.29 is 0 Å². The lowest BCUT2D eigenvalue weighted by atomic mass is 9.84. The van der Waals surface area contributed by atoms with Crippen LogP contribution in [0.25, 0.3) is 0 Å². The second kappa shape index (κ2) is 3.00. The smallest absolute Gasteiger partial charge is 0.00457 e. The first kappa shape index (κ1) is 8.83. The Labute approximate surface area is 70.7 Å². The molecule has 0 saturated carbocycles. The maximum atomic E-state index is 2.39. The van der Waals surface area contributed by atoms with Crippen LogP contribution in [0, 0.1) is 23.7 Å². The fourth-order valence-electron chi connectivity index (χ4n) is 1.69. The maximum absolute atomic E-state index is 2.39. The SMILES string of the molecule is CC1C=C1C(C)C(C)C(C)C. The summed E-state index contributed by atoms with van der Waals surface area (Å²) in [6, 6.07) is 0. The van der Waals surface area contributed by atoms with Crippen molar-refractivity contribution in [3.05, 3.63) is 11.6 Å². The average Bonchev–Trinajstić information content (AvgIpc) is 2.63. The minimum absolute atomic E-state index is 0.810.